The van der Waals surface area contributed by atoms with E-state index in [2.05, 4.69) is 9.98 Å². The van der Waals surface area contributed by atoms with E-state index in [9.17, 15) is 8.42 Å². The second-order valence-electron chi connectivity index (χ2n) is 3.22. The second kappa shape index (κ2) is 5.61. The minimum atomic E-state index is -4.48. The van der Waals surface area contributed by atoms with E-state index in [1.165, 1.54) is 0 Å². The summed E-state index contributed by atoms with van der Waals surface area (Å²) in [6.07, 6.45) is 0. The summed E-state index contributed by atoms with van der Waals surface area (Å²) in [6.45, 7) is 0. The van der Waals surface area contributed by atoms with E-state index in [-0.39, 0.29) is 27.7 Å². The molecule has 0 saturated heterocycles. The number of hydrogen-bond acceptors (Lipinski definition) is 3. The van der Waals surface area contributed by atoms with Gasteiger partial charge in [-0.2, -0.15) is 13.4 Å². The lowest BCUT2D eigenvalue weighted by molar-refractivity contribution is 0.483. The Bertz CT molecular complexity index is 667. The molecule has 11 heteroatoms. The van der Waals surface area contributed by atoms with E-state index in [0.717, 1.165) is 12.1 Å². The van der Waals surface area contributed by atoms with Crippen LogP contribution < -0.4 is 17.2 Å². The van der Waals surface area contributed by atoms with Crippen LogP contribution in [0.5, 0.6) is 0 Å². The summed E-state index contributed by atoms with van der Waals surface area (Å²) in [6, 6.07) is 2.03. The number of halogens is 2. The maximum absolute atomic E-state index is 11.0. The van der Waals surface area contributed by atoms with Crippen LogP contribution in [-0.2, 0) is 10.1 Å². The molecule has 0 aliphatic heterocycles. The van der Waals surface area contributed by atoms with Crippen LogP contribution in [0.1, 0.15) is 0 Å². The predicted molar refractivity (Wildman–Crippen MR) is 73.4 cm³/mol. The van der Waals surface area contributed by atoms with Crippen LogP contribution >= 0.6 is 23.2 Å². The average molecular weight is 326 g/mol. The number of nitrogens with zero attached hydrogens (tertiary/aromatic N) is 2. The molecule has 0 bridgehead atoms. The number of hydrogen-bond donors (Lipinski definition) is 4. The van der Waals surface area contributed by atoms with Crippen molar-refractivity contribution in [3.8, 4) is 0 Å². The Morgan fingerprint density at radius 2 is 1.74 bits per heavy atom. The summed E-state index contributed by atoms with van der Waals surface area (Å²) in [7, 11) is -4.48. The lowest BCUT2D eigenvalue weighted by Crippen LogP contribution is -2.26. The number of benzene rings is 1. The van der Waals surface area contributed by atoms with Crippen molar-refractivity contribution >= 4 is 50.9 Å². The maximum atomic E-state index is 11.0. The molecule has 0 heterocycles. The minimum Gasteiger partial charge on any atom is -0.370 e. The summed E-state index contributed by atoms with van der Waals surface area (Å²) >= 11 is 11.5. The van der Waals surface area contributed by atoms with Gasteiger partial charge in [0.2, 0.25) is 5.96 Å². The monoisotopic (exact) mass is 325 g/mol. The van der Waals surface area contributed by atoms with Crippen LogP contribution in [0, 0.1) is 0 Å². The van der Waals surface area contributed by atoms with E-state index in [1.807, 2.05) is 0 Å². The molecule has 1 rings (SSSR count). The normalized spacial score (nSPS) is 12.3. The standard InChI is InChI=1S/C8H9Cl2N5O3S/c9-3-2-6(19(16,17)18)4(10)1-5(3)14-8(13)15-7(11)12/h1-2H,(H,16,17,18)(H6,11,12,13,14,15). The highest BCUT2D eigenvalue weighted by Crippen LogP contribution is 2.33. The number of guanidine groups is 2. The fourth-order valence-electron chi connectivity index (χ4n) is 1.08. The molecule has 0 saturated carbocycles. The highest BCUT2D eigenvalue weighted by molar-refractivity contribution is 7.86. The molecule has 0 aromatic heterocycles. The Morgan fingerprint density at radius 3 is 2.21 bits per heavy atom. The molecule has 0 radical (unpaired) electrons. The third-order valence-corrected chi connectivity index (χ3v) is 3.38. The number of rotatable bonds is 2. The molecule has 7 N–H and O–H groups in total. The van der Waals surface area contributed by atoms with Gasteiger partial charge in [-0.05, 0) is 12.1 Å². The van der Waals surface area contributed by atoms with Gasteiger partial charge in [-0.1, -0.05) is 23.2 Å². The van der Waals surface area contributed by atoms with Crippen molar-refractivity contribution in [2.45, 2.75) is 4.90 Å². The van der Waals surface area contributed by atoms with Crippen molar-refractivity contribution in [1.29, 1.82) is 0 Å². The summed E-state index contributed by atoms with van der Waals surface area (Å²) in [4.78, 5) is 6.64. The third-order valence-electron chi connectivity index (χ3n) is 1.76. The predicted octanol–water partition coefficient (Wildman–Crippen LogP) is 0.460. The van der Waals surface area contributed by atoms with Gasteiger partial charge < -0.3 is 17.2 Å². The molecule has 1 aromatic rings. The summed E-state index contributed by atoms with van der Waals surface area (Å²) in [5, 5.41) is -0.381. The molecule has 0 amide bonds. The van der Waals surface area contributed by atoms with Crippen molar-refractivity contribution in [2.24, 2.45) is 27.2 Å². The van der Waals surface area contributed by atoms with Gasteiger partial charge in [0.25, 0.3) is 10.1 Å². The molecule has 0 spiro atoms. The first-order valence-electron chi connectivity index (χ1n) is 4.51. The van der Waals surface area contributed by atoms with Crippen LogP contribution in [-0.4, -0.2) is 24.9 Å². The Labute approximate surface area is 118 Å². The second-order valence-corrected chi connectivity index (χ2v) is 5.42. The zero-order chi connectivity index (χ0) is 14.8. The van der Waals surface area contributed by atoms with Crippen LogP contribution in [0.3, 0.4) is 0 Å². The molecule has 0 atom stereocenters. The fourth-order valence-corrected chi connectivity index (χ4v) is 2.38. The van der Waals surface area contributed by atoms with Crippen LogP contribution in [0.2, 0.25) is 10.0 Å². The van der Waals surface area contributed by atoms with Crippen LogP contribution in [0.25, 0.3) is 0 Å². The van der Waals surface area contributed by atoms with Crippen LogP contribution in [0.15, 0.2) is 27.0 Å². The highest BCUT2D eigenvalue weighted by Gasteiger charge is 2.17. The molecule has 0 aliphatic rings. The first-order chi connectivity index (χ1) is 8.61. The molecular weight excluding hydrogens is 317 g/mol. The number of aliphatic imine (C=N–C) groups is 2. The fraction of sp³-hybridized carbons (Fsp3) is 0. The minimum absolute atomic E-state index is 0.0431. The Kier molecular flexibility index (Phi) is 4.58. The molecule has 19 heavy (non-hydrogen) atoms. The quantitative estimate of drug-likeness (QED) is 0.351. The molecule has 104 valence electrons. The lowest BCUT2D eigenvalue weighted by Gasteiger charge is -2.04. The van der Waals surface area contributed by atoms with E-state index < -0.39 is 15.0 Å². The SMILES string of the molecule is NC(N)=NC(N)=Nc1cc(Cl)c(S(=O)(=O)O)cc1Cl. The van der Waals surface area contributed by atoms with E-state index in [0.29, 0.717) is 0 Å². The largest absolute Gasteiger partial charge is 0.370 e. The van der Waals surface area contributed by atoms with E-state index in [4.69, 9.17) is 45.0 Å². The summed E-state index contributed by atoms with van der Waals surface area (Å²) in [5.41, 5.74) is 15.6. The smallest absolute Gasteiger partial charge is 0.296 e. The van der Waals surface area contributed by atoms with Gasteiger partial charge >= 0.3 is 0 Å². The Balaban J connectivity index is 3.36. The molecule has 0 aliphatic carbocycles. The van der Waals surface area contributed by atoms with Gasteiger partial charge in [0.15, 0.2) is 5.96 Å². The van der Waals surface area contributed by atoms with Gasteiger partial charge in [0.1, 0.15) is 4.90 Å². The first-order valence-corrected chi connectivity index (χ1v) is 6.71. The van der Waals surface area contributed by atoms with E-state index >= 15 is 0 Å². The first kappa shape index (κ1) is 15.5. The summed E-state index contributed by atoms with van der Waals surface area (Å²) < 4.78 is 30.9. The van der Waals surface area contributed by atoms with Gasteiger partial charge in [0, 0.05) is 0 Å². The molecule has 1 aromatic carbocycles. The van der Waals surface area contributed by atoms with Crippen molar-refractivity contribution in [1.82, 2.24) is 0 Å². The topological polar surface area (TPSA) is 157 Å². The third kappa shape index (κ3) is 4.24. The van der Waals surface area contributed by atoms with Gasteiger partial charge in [-0.3, -0.25) is 4.55 Å². The van der Waals surface area contributed by atoms with Crippen LogP contribution in [0.4, 0.5) is 5.69 Å². The Hall–Kier alpha value is -1.55. The van der Waals surface area contributed by atoms with Crippen molar-refractivity contribution < 1.29 is 13.0 Å². The molecule has 0 unspecified atom stereocenters. The van der Waals surface area contributed by atoms with E-state index in [1.54, 1.807) is 0 Å². The summed E-state index contributed by atoms with van der Waals surface area (Å²) in [5.74, 6) is -0.601. The van der Waals surface area contributed by atoms with Gasteiger partial charge in [-0.25, -0.2) is 4.99 Å². The number of nitrogens with two attached hydrogens (primary N) is 3. The zero-order valence-electron chi connectivity index (χ0n) is 9.21. The molecular formula is C8H9Cl2N5O3S. The Morgan fingerprint density at radius 1 is 1.16 bits per heavy atom. The highest BCUT2D eigenvalue weighted by atomic mass is 35.5. The molecule has 0 fully saturated rings. The zero-order valence-corrected chi connectivity index (χ0v) is 11.5. The van der Waals surface area contributed by atoms with Gasteiger partial charge in [-0.15, -0.1) is 0 Å². The lowest BCUT2D eigenvalue weighted by atomic mass is 10.3. The van der Waals surface area contributed by atoms with Crippen molar-refractivity contribution in [3.05, 3.63) is 22.2 Å². The van der Waals surface area contributed by atoms with Crippen molar-refractivity contribution in [3.63, 3.8) is 0 Å². The average Bonchev–Trinajstić information content (AvgIpc) is 2.19. The van der Waals surface area contributed by atoms with Crippen molar-refractivity contribution in [2.75, 3.05) is 0 Å². The molecule has 8 nitrogen and oxygen atoms in total. The maximum Gasteiger partial charge on any atom is 0.296 e. The van der Waals surface area contributed by atoms with Gasteiger partial charge in [0.05, 0.1) is 15.7 Å².